The van der Waals surface area contributed by atoms with Crippen LogP contribution in [0.25, 0.3) is 5.69 Å². The van der Waals surface area contributed by atoms with Gasteiger partial charge in [0.2, 0.25) is 0 Å². The van der Waals surface area contributed by atoms with E-state index in [0.29, 0.717) is 6.61 Å². The molecule has 0 radical (unpaired) electrons. The maximum Gasteiger partial charge on any atom is 0.320 e. The first-order valence-corrected chi connectivity index (χ1v) is 11.7. The monoisotopic (exact) mass is 445 g/mol. The number of benzene rings is 2. The number of methoxy groups -OCH3 is 1. The molecule has 1 fully saturated rings. The lowest BCUT2D eigenvalue weighted by Gasteiger charge is -2.21. The summed E-state index contributed by atoms with van der Waals surface area (Å²) in [5.74, 6) is 1.02. The minimum Gasteiger partial charge on any atom is -0.383 e. The van der Waals surface area contributed by atoms with Gasteiger partial charge in [0.25, 0.3) is 0 Å². The van der Waals surface area contributed by atoms with Gasteiger partial charge in [0.1, 0.15) is 5.82 Å². The van der Waals surface area contributed by atoms with E-state index >= 15 is 0 Å². The molecule has 5 rings (SSSR count). The van der Waals surface area contributed by atoms with Crippen molar-refractivity contribution in [3.05, 3.63) is 77.5 Å². The average Bonchev–Trinajstić information content (AvgIpc) is 3.55. The van der Waals surface area contributed by atoms with Gasteiger partial charge in [-0.05, 0) is 37.0 Å². The number of amides is 2. The van der Waals surface area contributed by atoms with Crippen molar-refractivity contribution in [3.63, 3.8) is 0 Å². The Morgan fingerprint density at radius 2 is 1.82 bits per heavy atom. The molecule has 2 atom stereocenters. The molecule has 7 nitrogen and oxygen atoms in total. The van der Waals surface area contributed by atoms with Gasteiger partial charge in [-0.3, -0.25) is 10.2 Å². The van der Waals surface area contributed by atoms with Gasteiger partial charge in [0.05, 0.1) is 24.0 Å². The molecule has 2 aliphatic rings. The molecule has 1 aliphatic carbocycles. The molecule has 33 heavy (non-hydrogen) atoms. The van der Waals surface area contributed by atoms with E-state index in [9.17, 15) is 4.79 Å². The van der Waals surface area contributed by atoms with Gasteiger partial charge in [-0.2, -0.15) is 5.10 Å². The zero-order chi connectivity index (χ0) is 22.6. The van der Waals surface area contributed by atoms with Gasteiger partial charge >= 0.3 is 6.03 Å². The van der Waals surface area contributed by atoms with Crippen molar-refractivity contribution in [2.24, 2.45) is 0 Å². The average molecular weight is 446 g/mol. The maximum atomic E-state index is 13.2. The number of nitrogens with zero attached hydrogens (tertiary/aromatic N) is 3. The van der Waals surface area contributed by atoms with E-state index in [4.69, 9.17) is 9.84 Å². The van der Waals surface area contributed by atoms with Crippen LogP contribution in [0.2, 0.25) is 0 Å². The summed E-state index contributed by atoms with van der Waals surface area (Å²) >= 11 is 0. The summed E-state index contributed by atoms with van der Waals surface area (Å²) in [6.07, 6.45) is 2.98. The zero-order valence-electron chi connectivity index (χ0n) is 19.0. The van der Waals surface area contributed by atoms with E-state index in [2.05, 4.69) is 39.8 Å². The number of anilines is 1. The lowest BCUT2D eigenvalue weighted by molar-refractivity contribution is 0.159. The zero-order valence-corrected chi connectivity index (χ0v) is 19.0. The van der Waals surface area contributed by atoms with Crippen LogP contribution >= 0.6 is 0 Å². The summed E-state index contributed by atoms with van der Waals surface area (Å²) in [6, 6.07) is 20.3. The molecule has 0 bridgehead atoms. The van der Waals surface area contributed by atoms with E-state index in [0.717, 1.165) is 61.7 Å². The third kappa shape index (κ3) is 4.65. The van der Waals surface area contributed by atoms with Gasteiger partial charge in [-0.25, -0.2) is 9.48 Å². The molecule has 1 aliphatic heterocycles. The molecule has 2 N–H and O–H groups in total. The molecule has 2 aromatic carbocycles. The third-order valence-electron chi connectivity index (χ3n) is 6.69. The Morgan fingerprint density at radius 3 is 2.58 bits per heavy atom. The summed E-state index contributed by atoms with van der Waals surface area (Å²) in [5.41, 5.74) is 4.44. The number of ether oxygens (including phenoxy) is 1. The standard InChI is InChI=1S/C26H31N5O2/c1-33-16-15-30-17-22(19-9-4-2-5-10-19)24(18-30)27-26(32)28-25-21-13-8-14-23(21)29-31(25)20-11-6-3-7-12-20/h2-7,9-12,22,24H,8,13-18H2,1H3,(H2,27,28,32). The van der Waals surface area contributed by atoms with Crippen molar-refractivity contribution in [3.8, 4) is 5.69 Å². The first-order chi connectivity index (χ1) is 16.2. The highest BCUT2D eigenvalue weighted by molar-refractivity contribution is 5.90. The Kier molecular flexibility index (Phi) is 6.41. The van der Waals surface area contributed by atoms with Gasteiger partial charge in [0, 0.05) is 38.2 Å². The third-order valence-corrected chi connectivity index (χ3v) is 6.69. The number of para-hydroxylation sites is 1. The Labute approximate surface area is 194 Å². The van der Waals surface area contributed by atoms with Gasteiger partial charge in [-0.15, -0.1) is 0 Å². The van der Waals surface area contributed by atoms with Crippen molar-refractivity contribution in [1.29, 1.82) is 0 Å². The predicted octanol–water partition coefficient (Wildman–Crippen LogP) is 3.60. The molecule has 2 unspecified atom stereocenters. The van der Waals surface area contributed by atoms with Crippen molar-refractivity contribution in [1.82, 2.24) is 20.0 Å². The molecule has 1 aromatic heterocycles. The molecule has 3 aromatic rings. The number of aromatic nitrogens is 2. The molecule has 0 spiro atoms. The first-order valence-electron chi connectivity index (χ1n) is 11.7. The second kappa shape index (κ2) is 9.77. The Bertz CT molecular complexity index is 1080. The van der Waals surface area contributed by atoms with E-state index in [1.54, 1.807) is 7.11 Å². The van der Waals surface area contributed by atoms with E-state index in [1.165, 1.54) is 5.56 Å². The molecular formula is C26H31N5O2. The topological polar surface area (TPSA) is 71.4 Å². The smallest absolute Gasteiger partial charge is 0.320 e. The summed E-state index contributed by atoms with van der Waals surface area (Å²) in [6.45, 7) is 3.23. The molecular weight excluding hydrogens is 414 g/mol. The molecule has 0 saturated carbocycles. The maximum absolute atomic E-state index is 13.2. The van der Waals surface area contributed by atoms with Crippen molar-refractivity contribution in [2.75, 3.05) is 38.7 Å². The van der Waals surface area contributed by atoms with Crippen LogP contribution in [0.3, 0.4) is 0 Å². The summed E-state index contributed by atoms with van der Waals surface area (Å²) < 4.78 is 7.15. The van der Waals surface area contributed by atoms with E-state index < -0.39 is 0 Å². The van der Waals surface area contributed by atoms with Crippen molar-refractivity contribution >= 4 is 11.8 Å². The molecule has 7 heteroatoms. The van der Waals surface area contributed by atoms with E-state index in [1.807, 2.05) is 41.1 Å². The van der Waals surface area contributed by atoms with Crippen molar-refractivity contribution < 1.29 is 9.53 Å². The largest absolute Gasteiger partial charge is 0.383 e. The Morgan fingerprint density at radius 1 is 1.06 bits per heavy atom. The molecule has 2 heterocycles. The minimum atomic E-state index is -0.179. The first kappa shape index (κ1) is 21.7. The number of hydrogen-bond acceptors (Lipinski definition) is 4. The van der Waals surface area contributed by atoms with Crippen LogP contribution in [-0.2, 0) is 17.6 Å². The summed E-state index contributed by atoms with van der Waals surface area (Å²) in [4.78, 5) is 15.6. The number of aryl methyl sites for hydroxylation is 1. The van der Waals surface area contributed by atoms with Crippen LogP contribution < -0.4 is 10.6 Å². The SMILES string of the molecule is COCCN1CC(NC(=O)Nc2c3c(nn2-c2ccccc2)CCC3)C(c2ccccc2)C1. The lowest BCUT2D eigenvalue weighted by atomic mass is 9.94. The highest BCUT2D eigenvalue weighted by Crippen LogP contribution is 2.31. The molecule has 1 saturated heterocycles. The number of rotatable bonds is 7. The molecule has 172 valence electrons. The highest BCUT2D eigenvalue weighted by Gasteiger charge is 2.35. The number of hydrogen-bond donors (Lipinski definition) is 2. The second-order valence-corrected chi connectivity index (χ2v) is 8.85. The minimum absolute atomic E-state index is 0.0189. The fourth-order valence-corrected chi connectivity index (χ4v) is 5.06. The second-order valence-electron chi connectivity index (χ2n) is 8.85. The number of likely N-dealkylation sites (tertiary alicyclic amines) is 1. The Balaban J connectivity index is 1.35. The normalized spacial score (nSPS) is 20.0. The highest BCUT2D eigenvalue weighted by atomic mass is 16.5. The van der Waals surface area contributed by atoms with Crippen LogP contribution in [-0.4, -0.2) is 60.1 Å². The number of nitrogens with one attached hydrogen (secondary N) is 2. The van der Waals surface area contributed by atoms with Gasteiger partial charge < -0.3 is 10.1 Å². The summed E-state index contributed by atoms with van der Waals surface area (Å²) in [5, 5.41) is 11.2. The van der Waals surface area contributed by atoms with Crippen LogP contribution in [0, 0.1) is 0 Å². The summed E-state index contributed by atoms with van der Waals surface area (Å²) in [7, 11) is 1.72. The van der Waals surface area contributed by atoms with Crippen molar-refractivity contribution in [2.45, 2.75) is 31.2 Å². The molecule has 2 amide bonds. The van der Waals surface area contributed by atoms with Crippen LogP contribution in [0.15, 0.2) is 60.7 Å². The van der Waals surface area contributed by atoms with Crippen LogP contribution in [0.4, 0.5) is 10.6 Å². The quantitative estimate of drug-likeness (QED) is 0.583. The number of fused-ring (bicyclic) bond motifs is 1. The van der Waals surface area contributed by atoms with Gasteiger partial charge in [-0.1, -0.05) is 48.5 Å². The van der Waals surface area contributed by atoms with Crippen LogP contribution in [0.1, 0.15) is 29.2 Å². The fourth-order valence-electron chi connectivity index (χ4n) is 5.06. The Hall–Kier alpha value is -3.16. The fraction of sp³-hybridized carbons (Fsp3) is 0.385. The number of carbonyl (C=O) groups excluding carboxylic acids is 1. The van der Waals surface area contributed by atoms with Crippen LogP contribution in [0.5, 0.6) is 0 Å². The predicted molar refractivity (Wildman–Crippen MR) is 129 cm³/mol. The number of carbonyl (C=O) groups is 1. The van der Waals surface area contributed by atoms with E-state index in [-0.39, 0.29) is 18.0 Å². The van der Waals surface area contributed by atoms with Gasteiger partial charge in [0.15, 0.2) is 0 Å². The lowest BCUT2D eigenvalue weighted by Crippen LogP contribution is -2.42. The number of urea groups is 1.